The summed E-state index contributed by atoms with van der Waals surface area (Å²) in [6, 6.07) is 16.0. The van der Waals surface area contributed by atoms with Gasteiger partial charge < -0.3 is 15.5 Å². The summed E-state index contributed by atoms with van der Waals surface area (Å²) >= 11 is 5.93. The van der Waals surface area contributed by atoms with Gasteiger partial charge in [-0.05, 0) is 18.1 Å². The first-order chi connectivity index (χ1) is 11.6. The molecule has 128 valence electrons. The molecule has 2 atom stereocenters. The molecule has 24 heavy (non-hydrogen) atoms. The summed E-state index contributed by atoms with van der Waals surface area (Å²) in [5, 5.41) is 23.7. The summed E-state index contributed by atoms with van der Waals surface area (Å²) in [6.45, 7) is 2.85. The molecule has 0 amide bonds. The molecule has 5 heteroatoms. The molecule has 0 spiro atoms. The second-order valence-corrected chi connectivity index (χ2v) is 6.74. The summed E-state index contributed by atoms with van der Waals surface area (Å²) in [6.07, 6.45) is 0.488. The topological polar surface area (TPSA) is 55.7 Å². The first-order valence-electron chi connectivity index (χ1n) is 8.26. The van der Waals surface area contributed by atoms with Gasteiger partial charge in [0.2, 0.25) is 0 Å². The van der Waals surface area contributed by atoms with Crippen LogP contribution in [0, 0.1) is 0 Å². The van der Waals surface area contributed by atoms with E-state index in [1.807, 2.05) is 30.3 Å². The van der Waals surface area contributed by atoms with Gasteiger partial charge >= 0.3 is 0 Å². The van der Waals surface area contributed by atoms with Gasteiger partial charge in [0.1, 0.15) is 5.75 Å². The average molecular weight is 347 g/mol. The lowest BCUT2D eigenvalue weighted by molar-refractivity contribution is 0.172. The quantitative estimate of drug-likeness (QED) is 0.753. The monoisotopic (exact) mass is 346 g/mol. The number of benzene rings is 2. The Bertz CT molecular complexity index is 666. The number of β-amino-alcohol motifs (C(OH)–C–C–N with tert-alkyl or cyclic N) is 1. The van der Waals surface area contributed by atoms with Crippen molar-refractivity contribution in [3.8, 4) is 5.75 Å². The van der Waals surface area contributed by atoms with Crippen molar-refractivity contribution in [3.63, 3.8) is 0 Å². The molecule has 0 radical (unpaired) electrons. The minimum atomic E-state index is -0.278. The number of hydrogen-bond donors (Lipinski definition) is 3. The number of likely N-dealkylation sites (tertiary alicyclic amines) is 1. The molecule has 1 aliphatic rings. The predicted molar refractivity (Wildman–Crippen MR) is 96.1 cm³/mol. The van der Waals surface area contributed by atoms with Crippen LogP contribution < -0.4 is 5.32 Å². The van der Waals surface area contributed by atoms with E-state index in [4.69, 9.17) is 11.6 Å². The molecule has 0 aromatic heterocycles. The molecular weight excluding hydrogens is 324 g/mol. The maximum absolute atomic E-state index is 10.0. The molecule has 1 aliphatic heterocycles. The van der Waals surface area contributed by atoms with Crippen LogP contribution in [0.2, 0.25) is 5.02 Å². The predicted octanol–water partition coefficient (Wildman–Crippen LogP) is 2.77. The number of nitrogens with one attached hydrogen (secondary N) is 1. The Labute approximate surface area is 147 Å². The van der Waals surface area contributed by atoms with Gasteiger partial charge in [-0.25, -0.2) is 0 Å². The van der Waals surface area contributed by atoms with Crippen LogP contribution in [0.3, 0.4) is 0 Å². The smallest absolute Gasteiger partial charge is 0.138 e. The summed E-state index contributed by atoms with van der Waals surface area (Å²) in [5.41, 5.74) is 2.04. The number of phenolic OH excluding ortho intramolecular Hbond substituents is 1. The van der Waals surface area contributed by atoms with E-state index in [-0.39, 0.29) is 17.9 Å². The molecule has 2 aromatic rings. The van der Waals surface area contributed by atoms with Gasteiger partial charge in [0.05, 0.1) is 11.1 Å². The van der Waals surface area contributed by atoms with Crippen LogP contribution in [-0.2, 0) is 13.1 Å². The largest absolute Gasteiger partial charge is 0.506 e. The van der Waals surface area contributed by atoms with Crippen LogP contribution in [0.1, 0.15) is 17.5 Å². The molecular formula is C19H23ClN2O2. The molecule has 1 heterocycles. The Morgan fingerprint density at radius 3 is 2.71 bits per heavy atom. The molecule has 2 unspecified atom stereocenters. The third kappa shape index (κ3) is 4.28. The van der Waals surface area contributed by atoms with Crippen LogP contribution in [0.5, 0.6) is 5.75 Å². The third-order valence-electron chi connectivity index (χ3n) is 4.50. The number of para-hydroxylation sites is 1. The van der Waals surface area contributed by atoms with E-state index in [1.54, 1.807) is 6.07 Å². The lowest BCUT2D eigenvalue weighted by Gasteiger charge is -2.24. The van der Waals surface area contributed by atoms with Crippen LogP contribution in [0.25, 0.3) is 0 Å². The van der Waals surface area contributed by atoms with Crippen molar-refractivity contribution in [3.05, 3.63) is 64.7 Å². The van der Waals surface area contributed by atoms with E-state index in [0.717, 1.165) is 25.1 Å². The van der Waals surface area contributed by atoms with Crippen LogP contribution in [0.15, 0.2) is 48.5 Å². The van der Waals surface area contributed by atoms with Gasteiger partial charge in [-0.1, -0.05) is 54.1 Å². The Balaban J connectivity index is 1.56. The number of rotatable bonds is 6. The second kappa shape index (κ2) is 7.99. The van der Waals surface area contributed by atoms with Crippen LogP contribution in [0.4, 0.5) is 0 Å². The summed E-state index contributed by atoms with van der Waals surface area (Å²) in [5.74, 6) is 0.138. The molecule has 3 N–H and O–H groups in total. The van der Waals surface area contributed by atoms with Crippen molar-refractivity contribution in [2.75, 3.05) is 13.1 Å². The van der Waals surface area contributed by atoms with E-state index in [9.17, 15) is 10.2 Å². The number of hydrogen-bond acceptors (Lipinski definition) is 4. The molecule has 1 saturated heterocycles. The van der Waals surface area contributed by atoms with Crippen molar-refractivity contribution in [1.82, 2.24) is 10.2 Å². The molecule has 0 aliphatic carbocycles. The maximum atomic E-state index is 10.0. The van der Waals surface area contributed by atoms with Gasteiger partial charge in [0, 0.05) is 37.8 Å². The van der Waals surface area contributed by atoms with Crippen molar-refractivity contribution >= 4 is 11.6 Å². The number of nitrogens with zero attached hydrogens (tertiary/aromatic N) is 1. The lowest BCUT2D eigenvalue weighted by Crippen LogP contribution is -2.37. The van der Waals surface area contributed by atoms with Crippen molar-refractivity contribution in [1.29, 1.82) is 0 Å². The van der Waals surface area contributed by atoms with Crippen molar-refractivity contribution in [2.24, 2.45) is 0 Å². The van der Waals surface area contributed by atoms with Gasteiger partial charge in [-0.3, -0.25) is 4.90 Å². The Morgan fingerprint density at radius 1 is 1.12 bits per heavy atom. The molecule has 4 nitrogen and oxygen atoms in total. The van der Waals surface area contributed by atoms with E-state index in [2.05, 4.69) is 22.3 Å². The summed E-state index contributed by atoms with van der Waals surface area (Å²) in [4.78, 5) is 2.31. The van der Waals surface area contributed by atoms with Gasteiger partial charge in [0.15, 0.2) is 0 Å². The minimum absolute atomic E-state index is 0.138. The number of aliphatic hydroxyl groups excluding tert-OH is 1. The normalized spacial score (nSPS) is 21.2. The number of halogens is 1. The molecule has 3 rings (SSSR count). The second-order valence-electron chi connectivity index (χ2n) is 6.34. The summed E-state index contributed by atoms with van der Waals surface area (Å²) < 4.78 is 0. The fourth-order valence-corrected chi connectivity index (χ4v) is 3.45. The number of phenols is 1. The number of aliphatic hydroxyl groups is 1. The SMILES string of the molecule is Oc1c(Cl)cccc1CNCC1CC(O)CN1Cc1ccccc1. The highest BCUT2D eigenvalue weighted by Gasteiger charge is 2.30. The molecule has 1 fully saturated rings. The van der Waals surface area contributed by atoms with E-state index in [1.165, 1.54) is 5.56 Å². The molecule has 2 aromatic carbocycles. The Hall–Kier alpha value is -1.59. The zero-order chi connectivity index (χ0) is 16.9. The highest BCUT2D eigenvalue weighted by molar-refractivity contribution is 6.32. The Morgan fingerprint density at radius 2 is 1.92 bits per heavy atom. The fraction of sp³-hybridized carbons (Fsp3) is 0.368. The van der Waals surface area contributed by atoms with Gasteiger partial charge in [0.25, 0.3) is 0 Å². The van der Waals surface area contributed by atoms with Crippen LogP contribution in [-0.4, -0.2) is 40.3 Å². The van der Waals surface area contributed by atoms with E-state index in [0.29, 0.717) is 18.1 Å². The molecule has 0 saturated carbocycles. The first-order valence-corrected chi connectivity index (χ1v) is 8.64. The third-order valence-corrected chi connectivity index (χ3v) is 4.81. The zero-order valence-corrected chi connectivity index (χ0v) is 14.3. The van der Waals surface area contributed by atoms with Gasteiger partial charge in [-0.15, -0.1) is 0 Å². The van der Waals surface area contributed by atoms with Crippen LogP contribution >= 0.6 is 11.6 Å². The Kier molecular flexibility index (Phi) is 5.74. The van der Waals surface area contributed by atoms with E-state index >= 15 is 0 Å². The highest BCUT2D eigenvalue weighted by Crippen LogP contribution is 2.27. The van der Waals surface area contributed by atoms with E-state index < -0.39 is 0 Å². The molecule has 0 bridgehead atoms. The van der Waals surface area contributed by atoms with Crippen molar-refractivity contribution in [2.45, 2.75) is 31.7 Å². The highest BCUT2D eigenvalue weighted by atomic mass is 35.5. The summed E-state index contributed by atoms with van der Waals surface area (Å²) in [7, 11) is 0. The average Bonchev–Trinajstić information content (AvgIpc) is 2.92. The fourth-order valence-electron chi connectivity index (χ4n) is 3.26. The van der Waals surface area contributed by atoms with Gasteiger partial charge in [-0.2, -0.15) is 0 Å². The lowest BCUT2D eigenvalue weighted by atomic mass is 10.1. The van der Waals surface area contributed by atoms with Crippen molar-refractivity contribution < 1.29 is 10.2 Å². The number of aromatic hydroxyl groups is 1. The standard InChI is InChI=1S/C19H23ClN2O2/c20-18-8-4-7-15(19(18)24)10-21-11-16-9-17(23)13-22(16)12-14-5-2-1-3-6-14/h1-8,16-17,21,23-24H,9-13H2. The first kappa shape index (κ1) is 17.2. The zero-order valence-electron chi connectivity index (χ0n) is 13.5. The maximum Gasteiger partial charge on any atom is 0.138 e. The minimum Gasteiger partial charge on any atom is -0.506 e.